The van der Waals surface area contributed by atoms with Crippen molar-refractivity contribution in [3.8, 4) is 0 Å². The number of hydrogen-bond donors (Lipinski definition) is 1. The fourth-order valence-electron chi connectivity index (χ4n) is 2.14. The second-order valence-corrected chi connectivity index (χ2v) is 4.75. The highest BCUT2D eigenvalue weighted by Crippen LogP contribution is 2.09. The molecule has 0 bridgehead atoms. The third-order valence-electron chi connectivity index (χ3n) is 3.23. The van der Waals surface area contributed by atoms with E-state index < -0.39 is 11.6 Å². The number of rotatable bonds is 6. The van der Waals surface area contributed by atoms with Crippen LogP contribution in [-0.2, 0) is 11.3 Å². The Morgan fingerprint density at radius 1 is 1.16 bits per heavy atom. The monoisotopic (exact) mass is 270 g/mol. The summed E-state index contributed by atoms with van der Waals surface area (Å²) in [7, 11) is 0. The van der Waals surface area contributed by atoms with Gasteiger partial charge in [-0.2, -0.15) is 0 Å². The molecule has 0 unspecified atom stereocenters. The lowest BCUT2D eigenvalue weighted by atomic mass is 10.2. The molecule has 0 amide bonds. The Bertz CT molecular complexity index is 395. The molecule has 0 aromatic heterocycles. The first-order chi connectivity index (χ1) is 9.25. The molecule has 19 heavy (non-hydrogen) atoms. The van der Waals surface area contributed by atoms with Gasteiger partial charge in [-0.05, 0) is 24.1 Å². The van der Waals surface area contributed by atoms with Gasteiger partial charge < -0.3 is 15.0 Å². The third-order valence-corrected chi connectivity index (χ3v) is 3.23. The lowest BCUT2D eigenvalue weighted by Gasteiger charge is -2.26. The van der Waals surface area contributed by atoms with Crippen LogP contribution in [0.1, 0.15) is 12.0 Å². The van der Waals surface area contributed by atoms with Crippen LogP contribution in [0.5, 0.6) is 0 Å². The first-order valence-corrected chi connectivity index (χ1v) is 6.70. The normalized spacial score (nSPS) is 16.7. The second kappa shape index (κ2) is 7.53. The van der Waals surface area contributed by atoms with E-state index in [1.165, 1.54) is 6.07 Å². The van der Waals surface area contributed by atoms with Gasteiger partial charge in [0, 0.05) is 39.3 Å². The van der Waals surface area contributed by atoms with Crippen LogP contribution in [0.2, 0.25) is 0 Å². The molecule has 1 saturated heterocycles. The lowest BCUT2D eigenvalue weighted by Crippen LogP contribution is -2.43. The summed E-state index contributed by atoms with van der Waals surface area (Å²) in [6.07, 6.45) is 0.962. The lowest BCUT2D eigenvalue weighted by molar-refractivity contribution is 0.106. The summed E-state index contributed by atoms with van der Waals surface area (Å²) >= 11 is 0. The van der Waals surface area contributed by atoms with Crippen LogP contribution in [-0.4, -0.2) is 44.2 Å². The van der Waals surface area contributed by atoms with Crippen molar-refractivity contribution in [2.75, 3.05) is 39.3 Å². The molecule has 3 nitrogen and oxygen atoms in total. The predicted octanol–water partition coefficient (Wildman–Crippen LogP) is 1.78. The van der Waals surface area contributed by atoms with E-state index in [9.17, 15) is 8.78 Å². The Kier molecular flexibility index (Phi) is 5.69. The van der Waals surface area contributed by atoms with E-state index in [0.717, 1.165) is 45.2 Å². The zero-order valence-corrected chi connectivity index (χ0v) is 11.0. The molecular weight excluding hydrogens is 250 g/mol. The number of benzene rings is 1. The molecule has 0 radical (unpaired) electrons. The van der Waals surface area contributed by atoms with Crippen LogP contribution in [0.25, 0.3) is 0 Å². The van der Waals surface area contributed by atoms with Crippen molar-refractivity contribution in [2.45, 2.75) is 13.0 Å². The summed E-state index contributed by atoms with van der Waals surface area (Å²) in [5, 5.41) is 3.31. The number of piperazine rings is 1. The van der Waals surface area contributed by atoms with E-state index in [2.05, 4.69) is 10.2 Å². The first kappa shape index (κ1) is 14.4. The van der Waals surface area contributed by atoms with Crippen LogP contribution >= 0.6 is 0 Å². The molecule has 0 spiro atoms. The van der Waals surface area contributed by atoms with Crippen molar-refractivity contribution < 1.29 is 13.5 Å². The average Bonchev–Trinajstić information content (AvgIpc) is 2.43. The fraction of sp³-hybridized carbons (Fsp3) is 0.571. The minimum atomic E-state index is -0.818. The van der Waals surface area contributed by atoms with Crippen molar-refractivity contribution in [3.05, 3.63) is 35.4 Å². The molecular formula is C14H20F2N2O. The molecule has 1 aliphatic rings. The molecule has 0 atom stereocenters. The van der Waals surface area contributed by atoms with Crippen molar-refractivity contribution >= 4 is 0 Å². The molecule has 1 aliphatic heterocycles. The Balaban J connectivity index is 1.59. The van der Waals surface area contributed by atoms with Gasteiger partial charge in [0.05, 0.1) is 6.61 Å². The maximum Gasteiger partial charge on any atom is 0.159 e. The Morgan fingerprint density at radius 3 is 2.68 bits per heavy atom. The van der Waals surface area contributed by atoms with Gasteiger partial charge in [-0.25, -0.2) is 8.78 Å². The van der Waals surface area contributed by atoms with E-state index in [-0.39, 0.29) is 0 Å². The standard InChI is InChI=1S/C14H20F2N2O/c15-13-3-2-12(10-14(13)16)11-19-9-1-6-18-7-4-17-5-8-18/h2-3,10,17H,1,4-9,11H2. The quantitative estimate of drug-likeness (QED) is 0.797. The molecule has 1 aromatic carbocycles. The fourth-order valence-corrected chi connectivity index (χ4v) is 2.14. The zero-order valence-electron chi connectivity index (χ0n) is 11.0. The summed E-state index contributed by atoms with van der Waals surface area (Å²) in [5.41, 5.74) is 0.668. The summed E-state index contributed by atoms with van der Waals surface area (Å²) < 4.78 is 31.1. The van der Waals surface area contributed by atoms with Crippen LogP contribution < -0.4 is 5.32 Å². The van der Waals surface area contributed by atoms with Crippen molar-refractivity contribution in [3.63, 3.8) is 0 Å². The molecule has 1 heterocycles. The number of nitrogens with one attached hydrogen (secondary N) is 1. The summed E-state index contributed by atoms with van der Waals surface area (Å²) in [6, 6.07) is 3.87. The Hall–Kier alpha value is -1.04. The highest BCUT2D eigenvalue weighted by atomic mass is 19.2. The average molecular weight is 270 g/mol. The zero-order chi connectivity index (χ0) is 13.5. The second-order valence-electron chi connectivity index (χ2n) is 4.75. The maximum absolute atomic E-state index is 13.0. The van der Waals surface area contributed by atoms with E-state index in [4.69, 9.17) is 4.74 Å². The van der Waals surface area contributed by atoms with Gasteiger partial charge in [-0.15, -0.1) is 0 Å². The van der Waals surface area contributed by atoms with Crippen LogP contribution in [0, 0.1) is 11.6 Å². The summed E-state index contributed by atoms with van der Waals surface area (Å²) in [6.45, 7) is 6.28. The topological polar surface area (TPSA) is 24.5 Å². The van der Waals surface area contributed by atoms with Gasteiger partial charge in [0.2, 0.25) is 0 Å². The van der Waals surface area contributed by atoms with E-state index >= 15 is 0 Å². The smallest absolute Gasteiger partial charge is 0.159 e. The molecule has 1 aromatic rings. The first-order valence-electron chi connectivity index (χ1n) is 6.70. The van der Waals surface area contributed by atoms with Gasteiger partial charge >= 0.3 is 0 Å². The number of nitrogens with zero attached hydrogens (tertiary/aromatic N) is 1. The van der Waals surface area contributed by atoms with Crippen molar-refractivity contribution in [1.29, 1.82) is 0 Å². The number of hydrogen-bond acceptors (Lipinski definition) is 3. The number of ether oxygens (including phenoxy) is 1. The predicted molar refractivity (Wildman–Crippen MR) is 69.9 cm³/mol. The van der Waals surface area contributed by atoms with E-state index in [1.54, 1.807) is 6.07 Å². The summed E-state index contributed by atoms with van der Waals surface area (Å²) in [4.78, 5) is 2.40. The van der Waals surface area contributed by atoms with Crippen molar-refractivity contribution in [1.82, 2.24) is 10.2 Å². The Labute approximate surface area is 112 Å². The van der Waals surface area contributed by atoms with Crippen LogP contribution in [0.3, 0.4) is 0 Å². The molecule has 0 saturated carbocycles. The SMILES string of the molecule is Fc1ccc(COCCCN2CCNCC2)cc1F. The molecule has 1 fully saturated rings. The minimum absolute atomic E-state index is 0.332. The molecule has 0 aliphatic carbocycles. The molecule has 2 rings (SSSR count). The molecule has 106 valence electrons. The van der Waals surface area contributed by atoms with Gasteiger partial charge in [-0.1, -0.05) is 6.07 Å². The van der Waals surface area contributed by atoms with Crippen LogP contribution in [0.15, 0.2) is 18.2 Å². The van der Waals surface area contributed by atoms with Gasteiger partial charge in [0.25, 0.3) is 0 Å². The van der Waals surface area contributed by atoms with Gasteiger partial charge in [0.15, 0.2) is 11.6 Å². The van der Waals surface area contributed by atoms with E-state index in [0.29, 0.717) is 18.8 Å². The van der Waals surface area contributed by atoms with E-state index in [1.807, 2.05) is 0 Å². The summed E-state index contributed by atoms with van der Waals surface area (Å²) in [5.74, 6) is -1.63. The maximum atomic E-state index is 13.0. The highest BCUT2D eigenvalue weighted by Gasteiger charge is 2.08. The third kappa shape index (κ3) is 4.86. The minimum Gasteiger partial charge on any atom is -0.377 e. The van der Waals surface area contributed by atoms with Crippen LogP contribution in [0.4, 0.5) is 8.78 Å². The number of halogens is 2. The van der Waals surface area contributed by atoms with Gasteiger partial charge in [-0.3, -0.25) is 0 Å². The molecule has 5 heteroatoms. The van der Waals surface area contributed by atoms with Crippen molar-refractivity contribution in [2.24, 2.45) is 0 Å². The Morgan fingerprint density at radius 2 is 1.95 bits per heavy atom. The highest BCUT2D eigenvalue weighted by molar-refractivity contribution is 5.16. The molecule has 1 N–H and O–H groups in total. The largest absolute Gasteiger partial charge is 0.377 e. The van der Waals surface area contributed by atoms with Gasteiger partial charge in [0.1, 0.15) is 0 Å².